The lowest BCUT2D eigenvalue weighted by Crippen LogP contribution is -1.98. The Labute approximate surface area is 284 Å². The van der Waals surface area contributed by atoms with E-state index in [-0.39, 0.29) is 0 Å². The number of hydrogen-bond acceptors (Lipinski definition) is 0. The molecule has 0 aliphatic heterocycles. The van der Waals surface area contributed by atoms with Crippen LogP contribution >= 0.6 is 0 Å². The largest absolute Gasteiger partial charge is 0.309 e. The fourth-order valence-electron chi connectivity index (χ4n) is 8.00. The second kappa shape index (κ2) is 11.1. The third kappa shape index (κ3) is 4.33. The second-order valence-electron chi connectivity index (χ2n) is 12.9. The van der Waals surface area contributed by atoms with E-state index < -0.39 is 0 Å². The molecule has 0 radical (unpaired) electrons. The predicted molar refractivity (Wildman–Crippen MR) is 211 cm³/mol. The van der Waals surface area contributed by atoms with Gasteiger partial charge < -0.3 is 4.57 Å². The monoisotopic (exact) mass is 621 g/mol. The maximum atomic E-state index is 2.49. The molecule has 0 atom stereocenters. The molecule has 0 aliphatic rings. The van der Waals surface area contributed by atoms with Gasteiger partial charge in [0, 0.05) is 16.5 Å². The van der Waals surface area contributed by atoms with Gasteiger partial charge in [-0.3, -0.25) is 0 Å². The number of benzene rings is 9. The Morgan fingerprint density at radius 1 is 0.224 bits per heavy atom. The molecule has 0 amide bonds. The molecular formula is C48H31N. The third-order valence-electron chi connectivity index (χ3n) is 10.2. The Bertz CT molecular complexity index is 2950. The molecule has 1 heteroatoms. The number of fused-ring (bicyclic) bond motifs is 13. The molecule has 0 aliphatic carbocycles. The lowest BCUT2D eigenvalue weighted by Gasteiger charge is -2.17. The SMILES string of the molecule is c1ccc(-c2ccc3c(c2)c2ccccc2c2ccccc2c2ccccc2n3-c2ccc3c4ccccc4c4ccccc4c3c2)cc1. The number of aromatic nitrogens is 1. The van der Waals surface area contributed by atoms with E-state index in [2.05, 4.69) is 193 Å². The van der Waals surface area contributed by atoms with Crippen LogP contribution in [0.25, 0.3) is 92.5 Å². The molecule has 228 valence electrons. The number of rotatable bonds is 2. The van der Waals surface area contributed by atoms with Gasteiger partial charge in [0.05, 0.1) is 11.0 Å². The minimum atomic E-state index is 1.13. The average molecular weight is 622 g/mol. The van der Waals surface area contributed by atoms with Gasteiger partial charge in [0.15, 0.2) is 0 Å². The highest BCUT2D eigenvalue weighted by Gasteiger charge is 2.14. The van der Waals surface area contributed by atoms with Gasteiger partial charge in [0.1, 0.15) is 0 Å². The molecule has 0 N–H and O–H groups in total. The van der Waals surface area contributed by atoms with E-state index in [0.29, 0.717) is 0 Å². The van der Waals surface area contributed by atoms with Crippen molar-refractivity contribution in [2.75, 3.05) is 0 Å². The van der Waals surface area contributed by atoms with E-state index in [1.807, 2.05) is 0 Å². The zero-order chi connectivity index (χ0) is 32.3. The van der Waals surface area contributed by atoms with Crippen molar-refractivity contribution in [3.05, 3.63) is 188 Å². The van der Waals surface area contributed by atoms with Gasteiger partial charge >= 0.3 is 0 Å². The quantitative estimate of drug-likeness (QED) is 0.169. The smallest absolute Gasteiger partial charge is 0.0540 e. The Balaban J connectivity index is 1.46. The van der Waals surface area contributed by atoms with Gasteiger partial charge in [0.25, 0.3) is 0 Å². The van der Waals surface area contributed by atoms with Crippen molar-refractivity contribution in [3.8, 4) is 16.8 Å². The van der Waals surface area contributed by atoms with Gasteiger partial charge in [-0.2, -0.15) is 0 Å². The van der Waals surface area contributed by atoms with Crippen molar-refractivity contribution < 1.29 is 0 Å². The number of para-hydroxylation sites is 1. The van der Waals surface area contributed by atoms with Crippen LogP contribution in [0.5, 0.6) is 0 Å². The summed E-state index contributed by atoms with van der Waals surface area (Å²) in [5.74, 6) is 0. The molecule has 0 spiro atoms. The standard InChI is InChI=1S/C48H31N/c1-2-14-32(15-3-1)33-26-29-48-46(30-33)42-23-11-8-19-38(42)36-17-6-9-21-40(36)44-24-12-13-25-47(44)49(48)34-27-28-43-39-20-5-4-16-35(39)37-18-7-10-22-41(37)45(43)31-34/h1-31H. The summed E-state index contributed by atoms with van der Waals surface area (Å²) in [5, 5.41) is 15.0. The molecular weight excluding hydrogens is 591 g/mol. The average Bonchev–Trinajstić information content (AvgIpc) is 3.22. The first-order chi connectivity index (χ1) is 24.3. The fraction of sp³-hybridized carbons (Fsp3) is 0. The lowest BCUT2D eigenvalue weighted by molar-refractivity contribution is 1.18. The van der Waals surface area contributed by atoms with Gasteiger partial charge in [0.2, 0.25) is 0 Å². The van der Waals surface area contributed by atoms with E-state index in [1.165, 1.54) is 75.8 Å². The van der Waals surface area contributed by atoms with Crippen molar-refractivity contribution in [1.29, 1.82) is 0 Å². The summed E-state index contributed by atoms with van der Waals surface area (Å²) in [4.78, 5) is 0. The molecule has 0 fully saturated rings. The third-order valence-corrected chi connectivity index (χ3v) is 10.2. The van der Waals surface area contributed by atoms with Crippen molar-refractivity contribution in [3.63, 3.8) is 0 Å². The van der Waals surface area contributed by atoms with Gasteiger partial charge in [-0.25, -0.2) is 0 Å². The van der Waals surface area contributed by atoms with E-state index in [1.54, 1.807) is 0 Å². The van der Waals surface area contributed by atoms with Crippen LogP contribution in [0.4, 0.5) is 0 Å². The first-order valence-corrected chi connectivity index (χ1v) is 16.9. The minimum absolute atomic E-state index is 1.13. The van der Waals surface area contributed by atoms with E-state index in [4.69, 9.17) is 0 Å². The summed E-state index contributed by atoms with van der Waals surface area (Å²) in [6.07, 6.45) is 0. The fourth-order valence-corrected chi connectivity index (χ4v) is 8.00. The lowest BCUT2D eigenvalue weighted by atomic mass is 9.94. The van der Waals surface area contributed by atoms with E-state index >= 15 is 0 Å². The predicted octanol–water partition coefficient (Wildman–Crippen LogP) is 13.3. The molecule has 10 aromatic rings. The van der Waals surface area contributed by atoms with E-state index in [9.17, 15) is 0 Å². The molecule has 0 saturated heterocycles. The van der Waals surface area contributed by atoms with Crippen LogP contribution in [0.2, 0.25) is 0 Å². The summed E-state index contributed by atoms with van der Waals surface area (Å²) in [6.45, 7) is 0. The van der Waals surface area contributed by atoms with Crippen LogP contribution in [0.1, 0.15) is 0 Å². The second-order valence-corrected chi connectivity index (χ2v) is 12.9. The van der Waals surface area contributed by atoms with Crippen LogP contribution in [-0.2, 0) is 0 Å². The number of nitrogens with zero attached hydrogens (tertiary/aromatic N) is 1. The van der Waals surface area contributed by atoms with Crippen LogP contribution in [0, 0.1) is 0 Å². The number of hydrogen-bond donors (Lipinski definition) is 0. The van der Waals surface area contributed by atoms with Gasteiger partial charge in [-0.1, -0.05) is 158 Å². The molecule has 0 saturated carbocycles. The van der Waals surface area contributed by atoms with E-state index in [0.717, 1.165) is 16.7 Å². The molecule has 1 heterocycles. The highest BCUT2D eigenvalue weighted by atomic mass is 15.0. The molecule has 10 rings (SSSR count). The maximum absolute atomic E-state index is 2.49. The van der Waals surface area contributed by atoms with Crippen molar-refractivity contribution in [1.82, 2.24) is 4.57 Å². The first kappa shape index (κ1) is 27.7. The first-order valence-electron chi connectivity index (χ1n) is 16.9. The van der Waals surface area contributed by atoms with Crippen LogP contribution < -0.4 is 0 Å². The Morgan fingerprint density at radius 3 is 1.20 bits per heavy atom. The summed E-state index contributed by atoms with van der Waals surface area (Å²) >= 11 is 0. The zero-order valence-electron chi connectivity index (χ0n) is 26.8. The molecule has 0 bridgehead atoms. The molecule has 9 aromatic carbocycles. The van der Waals surface area contributed by atoms with Crippen LogP contribution in [0.15, 0.2) is 188 Å². The Hall–Kier alpha value is -6.44. The molecule has 1 nitrogen and oxygen atoms in total. The highest BCUT2D eigenvalue weighted by Crippen LogP contribution is 2.39. The Kier molecular flexibility index (Phi) is 6.25. The molecule has 49 heavy (non-hydrogen) atoms. The normalized spacial score (nSPS) is 11.7. The van der Waals surface area contributed by atoms with Crippen molar-refractivity contribution >= 4 is 75.7 Å². The van der Waals surface area contributed by atoms with Crippen LogP contribution in [-0.4, -0.2) is 4.57 Å². The zero-order valence-corrected chi connectivity index (χ0v) is 26.8. The summed E-state index contributed by atoms with van der Waals surface area (Å²) < 4.78 is 2.49. The highest BCUT2D eigenvalue weighted by molar-refractivity contribution is 6.26. The Morgan fingerprint density at radius 2 is 0.633 bits per heavy atom. The van der Waals surface area contributed by atoms with Crippen LogP contribution in [0.3, 0.4) is 0 Å². The topological polar surface area (TPSA) is 4.93 Å². The molecule has 0 unspecified atom stereocenters. The minimum Gasteiger partial charge on any atom is -0.309 e. The van der Waals surface area contributed by atoms with Gasteiger partial charge in [-0.15, -0.1) is 0 Å². The van der Waals surface area contributed by atoms with Gasteiger partial charge in [-0.05, 0) is 95.3 Å². The summed E-state index contributed by atoms with van der Waals surface area (Å²) in [5.41, 5.74) is 5.84. The van der Waals surface area contributed by atoms with Crippen molar-refractivity contribution in [2.45, 2.75) is 0 Å². The van der Waals surface area contributed by atoms with Crippen molar-refractivity contribution in [2.24, 2.45) is 0 Å². The summed E-state index contributed by atoms with van der Waals surface area (Å²) in [7, 11) is 0. The molecule has 1 aromatic heterocycles. The summed E-state index contributed by atoms with van der Waals surface area (Å²) in [6, 6.07) is 69.0. The maximum Gasteiger partial charge on any atom is 0.0540 e.